The van der Waals surface area contributed by atoms with Gasteiger partial charge in [0.25, 0.3) is 0 Å². The molecule has 6 nitrogen and oxygen atoms in total. The SMILES string of the molecule is CC(C)N1C(=O)CC(N(CCC(=O)O)C2CC2)C1=O. The number of carboxylic acids is 1. The average Bonchev–Trinajstić information content (AvgIpc) is 3.06. The highest BCUT2D eigenvalue weighted by Gasteiger charge is 2.46. The van der Waals surface area contributed by atoms with Gasteiger partial charge in [0.05, 0.1) is 18.9 Å². The van der Waals surface area contributed by atoms with E-state index in [0.717, 1.165) is 12.8 Å². The van der Waals surface area contributed by atoms with Crippen molar-refractivity contribution in [3.8, 4) is 0 Å². The Morgan fingerprint density at radius 3 is 2.47 bits per heavy atom. The molecule has 19 heavy (non-hydrogen) atoms. The molecule has 0 spiro atoms. The van der Waals surface area contributed by atoms with Crippen molar-refractivity contribution in [2.45, 2.75) is 57.7 Å². The maximum atomic E-state index is 12.3. The molecule has 1 saturated carbocycles. The quantitative estimate of drug-likeness (QED) is 0.708. The first-order chi connectivity index (χ1) is 8.91. The molecule has 1 atom stereocenters. The highest BCUT2D eigenvalue weighted by Crippen LogP contribution is 2.32. The maximum Gasteiger partial charge on any atom is 0.304 e. The van der Waals surface area contributed by atoms with Gasteiger partial charge in [0, 0.05) is 18.6 Å². The summed E-state index contributed by atoms with van der Waals surface area (Å²) in [5, 5.41) is 8.78. The molecule has 2 amide bonds. The van der Waals surface area contributed by atoms with E-state index in [1.54, 1.807) is 0 Å². The largest absolute Gasteiger partial charge is 0.481 e. The molecule has 0 aromatic rings. The standard InChI is InChI=1S/C13H20N2O4/c1-8(2)15-11(16)7-10(13(15)19)14(9-3-4-9)6-5-12(17)18/h8-10H,3-7H2,1-2H3,(H,17,18). The van der Waals surface area contributed by atoms with E-state index in [2.05, 4.69) is 0 Å². The van der Waals surface area contributed by atoms with E-state index in [1.165, 1.54) is 4.90 Å². The van der Waals surface area contributed by atoms with E-state index >= 15 is 0 Å². The topological polar surface area (TPSA) is 77.9 Å². The fourth-order valence-electron chi connectivity index (χ4n) is 2.66. The van der Waals surface area contributed by atoms with Gasteiger partial charge in [-0.3, -0.25) is 24.2 Å². The zero-order chi connectivity index (χ0) is 14.2. The summed E-state index contributed by atoms with van der Waals surface area (Å²) in [6, 6.07) is -0.319. The van der Waals surface area contributed by atoms with Gasteiger partial charge < -0.3 is 5.11 Å². The third-order valence-electron chi connectivity index (χ3n) is 3.68. The van der Waals surface area contributed by atoms with E-state index < -0.39 is 12.0 Å². The predicted octanol–water partition coefficient (Wildman–Crippen LogP) is 0.461. The molecule has 1 unspecified atom stereocenters. The number of carbonyl (C=O) groups is 3. The van der Waals surface area contributed by atoms with Gasteiger partial charge in [-0.05, 0) is 26.7 Å². The first-order valence-corrected chi connectivity index (χ1v) is 6.75. The van der Waals surface area contributed by atoms with Crippen LogP contribution in [0.15, 0.2) is 0 Å². The van der Waals surface area contributed by atoms with E-state index in [4.69, 9.17) is 5.11 Å². The normalized spacial score (nSPS) is 23.8. The molecule has 2 rings (SSSR count). The van der Waals surface area contributed by atoms with Crippen molar-refractivity contribution in [2.24, 2.45) is 0 Å². The fourth-order valence-corrected chi connectivity index (χ4v) is 2.66. The summed E-state index contributed by atoms with van der Waals surface area (Å²) in [7, 11) is 0. The number of rotatable bonds is 6. The number of imide groups is 1. The number of amides is 2. The predicted molar refractivity (Wildman–Crippen MR) is 67.4 cm³/mol. The Hall–Kier alpha value is -1.43. The van der Waals surface area contributed by atoms with Crippen LogP contribution in [-0.2, 0) is 14.4 Å². The molecule has 1 N–H and O–H groups in total. The average molecular weight is 268 g/mol. The fraction of sp³-hybridized carbons (Fsp3) is 0.769. The first-order valence-electron chi connectivity index (χ1n) is 6.75. The number of likely N-dealkylation sites (tertiary alicyclic amines) is 1. The molecule has 6 heteroatoms. The summed E-state index contributed by atoms with van der Waals surface area (Å²) in [5.41, 5.74) is 0. The van der Waals surface area contributed by atoms with Crippen LogP contribution < -0.4 is 0 Å². The molecule has 0 aromatic carbocycles. The number of hydrogen-bond acceptors (Lipinski definition) is 4. The van der Waals surface area contributed by atoms with Gasteiger partial charge in [0.1, 0.15) is 0 Å². The molecular weight excluding hydrogens is 248 g/mol. The summed E-state index contributed by atoms with van der Waals surface area (Å²) in [6.07, 6.45) is 2.17. The molecule has 1 aliphatic carbocycles. The van der Waals surface area contributed by atoms with Crippen LogP contribution in [0.3, 0.4) is 0 Å². The van der Waals surface area contributed by atoms with Crippen molar-refractivity contribution in [2.75, 3.05) is 6.54 Å². The van der Waals surface area contributed by atoms with Crippen LogP contribution in [0.4, 0.5) is 0 Å². The van der Waals surface area contributed by atoms with Crippen LogP contribution in [-0.4, -0.2) is 57.4 Å². The van der Waals surface area contributed by atoms with E-state index in [-0.39, 0.29) is 36.7 Å². The van der Waals surface area contributed by atoms with Gasteiger partial charge in [-0.15, -0.1) is 0 Å². The van der Waals surface area contributed by atoms with Crippen LogP contribution in [0, 0.1) is 0 Å². The molecule has 2 fully saturated rings. The lowest BCUT2D eigenvalue weighted by molar-refractivity contribution is -0.143. The number of aliphatic carboxylic acids is 1. The van der Waals surface area contributed by atoms with Gasteiger partial charge in [0.15, 0.2) is 0 Å². The van der Waals surface area contributed by atoms with E-state index in [1.807, 2.05) is 18.7 Å². The lowest BCUT2D eigenvalue weighted by Crippen LogP contribution is -2.45. The zero-order valence-corrected chi connectivity index (χ0v) is 11.3. The Balaban J connectivity index is 2.08. The highest BCUT2D eigenvalue weighted by atomic mass is 16.4. The minimum atomic E-state index is -0.872. The Bertz CT molecular complexity index is 403. The lowest BCUT2D eigenvalue weighted by atomic mass is 10.2. The summed E-state index contributed by atoms with van der Waals surface area (Å²) in [5.74, 6) is -1.19. The number of nitrogens with zero attached hydrogens (tertiary/aromatic N) is 2. The number of carboxylic acid groups (broad SMARTS) is 1. The van der Waals surface area contributed by atoms with Crippen LogP contribution in [0.1, 0.15) is 39.5 Å². The van der Waals surface area contributed by atoms with Crippen LogP contribution in [0.25, 0.3) is 0 Å². The molecule has 2 aliphatic rings. The van der Waals surface area contributed by atoms with Gasteiger partial charge >= 0.3 is 5.97 Å². The molecule has 106 valence electrons. The zero-order valence-electron chi connectivity index (χ0n) is 11.3. The first kappa shape index (κ1) is 14.0. The highest BCUT2D eigenvalue weighted by molar-refractivity contribution is 6.05. The monoisotopic (exact) mass is 268 g/mol. The minimum Gasteiger partial charge on any atom is -0.481 e. The second kappa shape index (κ2) is 5.28. The summed E-state index contributed by atoms with van der Waals surface area (Å²) in [4.78, 5) is 38.1. The Kier molecular flexibility index (Phi) is 3.89. The van der Waals surface area contributed by atoms with Crippen molar-refractivity contribution in [1.29, 1.82) is 0 Å². The van der Waals surface area contributed by atoms with Crippen LogP contribution in [0.2, 0.25) is 0 Å². The third kappa shape index (κ3) is 2.94. The summed E-state index contributed by atoms with van der Waals surface area (Å²) < 4.78 is 0. The molecule has 1 aliphatic heterocycles. The van der Waals surface area contributed by atoms with E-state index in [9.17, 15) is 14.4 Å². The lowest BCUT2D eigenvalue weighted by Gasteiger charge is -2.27. The second-order valence-corrected chi connectivity index (χ2v) is 5.53. The second-order valence-electron chi connectivity index (χ2n) is 5.53. The maximum absolute atomic E-state index is 12.3. The summed E-state index contributed by atoms with van der Waals surface area (Å²) >= 11 is 0. The summed E-state index contributed by atoms with van der Waals surface area (Å²) in [6.45, 7) is 3.98. The molecule has 1 saturated heterocycles. The molecular formula is C13H20N2O4. The Morgan fingerprint density at radius 1 is 1.42 bits per heavy atom. The Morgan fingerprint density at radius 2 is 2.05 bits per heavy atom. The van der Waals surface area contributed by atoms with E-state index in [0.29, 0.717) is 6.54 Å². The number of hydrogen-bond donors (Lipinski definition) is 1. The molecule has 0 aromatic heterocycles. The van der Waals surface area contributed by atoms with Crippen molar-refractivity contribution in [3.63, 3.8) is 0 Å². The van der Waals surface area contributed by atoms with Crippen molar-refractivity contribution >= 4 is 17.8 Å². The van der Waals surface area contributed by atoms with Crippen molar-refractivity contribution < 1.29 is 19.5 Å². The van der Waals surface area contributed by atoms with Gasteiger partial charge in [-0.25, -0.2) is 0 Å². The molecule has 0 bridgehead atoms. The minimum absolute atomic E-state index is 0.0101. The van der Waals surface area contributed by atoms with Gasteiger partial charge in [-0.1, -0.05) is 0 Å². The smallest absolute Gasteiger partial charge is 0.304 e. The van der Waals surface area contributed by atoms with Crippen LogP contribution >= 0.6 is 0 Å². The Labute approximate surface area is 112 Å². The van der Waals surface area contributed by atoms with Gasteiger partial charge in [-0.2, -0.15) is 0 Å². The third-order valence-corrected chi connectivity index (χ3v) is 3.68. The number of carbonyl (C=O) groups excluding carboxylic acids is 2. The van der Waals surface area contributed by atoms with Crippen molar-refractivity contribution in [3.05, 3.63) is 0 Å². The molecule has 0 radical (unpaired) electrons. The van der Waals surface area contributed by atoms with Crippen LogP contribution in [0.5, 0.6) is 0 Å². The molecule has 1 heterocycles. The van der Waals surface area contributed by atoms with Gasteiger partial charge in [0.2, 0.25) is 11.8 Å². The van der Waals surface area contributed by atoms with Crippen molar-refractivity contribution in [1.82, 2.24) is 9.80 Å².